The van der Waals surface area contributed by atoms with E-state index in [4.69, 9.17) is 0 Å². The van der Waals surface area contributed by atoms with E-state index in [9.17, 15) is 0 Å². The first kappa shape index (κ1) is 13.2. The summed E-state index contributed by atoms with van der Waals surface area (Å²) in [5, 5.41) is 6.04. The summed E-state index contributed by atoms with van der Waals surface area (Å²) in [6.07, 6.45) is 0. The third-order valence-corrected chi connectivity index (χ3v) is 4.34. The highest BCUT2D eigenvalue weighted by Crippen LogP contribution is 2.22. The van der Waals surface area contributed by atoms with Crippen LogP contribution in [0.4, 0.5) is 5.69 Å². The van der Waals surface area contributed by atoms with Gasteiger partial charge in [-0.25, -0.2) is 0 Å². The van der Waals surface area contributed by atoms with Crippen LogP contribution < -0.4 is 5.32 Å². The number of fused-ring (bicyclic) bond motifs is 1. The summed E-state index contributed by atoms with van der Waals surface area (Å²) < 4.78 is 1.14. The van der Waals surface area contributed by atoms with Crippen LogP contribution in [0.15, 0.2) is 65.1 Å². The molecule has 3 rings (SSSR count). The van der Waals surface area contributed by atoms with Crippen molar-refractivity contribution < 1.29 is 0 Å². The number of rotatable bonds is 3. The average molecular weight is 326 g/mol. The summed E-state index contributed by atoms with van der Waals surface area (Å²) in [4.78, 5) is 0. The Morgan fingerprint density at radius 2 is 1.70 bits per heavy atom. The van der Waals surface area contributed by atoms with E-state index in [0.717, 1.165) is 16.7 Å². The minimum Gasteiger partial charge on any atom is -0.381 e. The van der Waals surface area contributed by atoms with Gasteiger partial charge in [-0.1, -0.05) is 58.4 Å². The fraction of sp³-hybridized carbons (Fsp3) is 0.111. The zero-order chi connectivity index (χ0) is 13.9. The molecular formula is C18H16BrN. The van der Waals surface area contributed by atoms with Gasteiger partial charge in [0.15, 0.2) is 0 Å². The molecular weight excluding hydrogens is 310 g/mol. The summed E-state index contributed by atoms with van der Waals surface area (Å²) in [6, 6.07) is 21.4. The molecule has 0 heterocycles. The number of hydrogen-bond acceptors (Lipinski definition) is 1. The maximum Gasteiger partial charge on any atom is 0.0401 e. The molecule has 1 nitrogen and oxygen atoms in total. The molecule has 0 atom stereocenters. The van der Waals surface area contributed by atoms with Gasteiger partial charge in [0.2, 0.25) is 0 Å². The Hall–Kier alpha value is -1.80. The van der Waals surface area contributed by atoms with E-state index in [-0.39, 0.29) is 0 Å². The van der Waals surface area contributed by atoms with Gasteiger partial charge >= 0.3 is 0 Å². The van der Waals surface area contributed by atoms with Crippen molar-refractivity contribution in [2.75, 3.05) is 5.32 Å². The van der Waals surface area contributed by atoms with E-state index in [1.54, 1.807) is 0 Å². The zero-order valence-electron chi connectivity index (χ0n) is 11.4. The molecule has 0 saturated heterocycles. The zero-order valence-corrected chi connectivity index (χ0v) is 12.9. The van der Waals surface area contributed by atoms with Gasteiger partial charge in [0.05, 0.1) is 0 Å². The lowest BCUT2D eigenvalue weighted by Gasteiger charge is -2.09. The highest BCUT2D eigenvalue weighted by molar-refractivity contribution is 9.10. The van der Waals surface area contributed by atoms with Crippen LogP contribution in [-0.4, -0.2) is 0 Å². The molecule has 0 amide bonds. The number of aryl methyl sites for hydroxylation is 1. The molecule has 0 unspecified atom stereocenters. The Morgan fingerprint density at radius 3 is 2.50 bits per heavy atom. The second kappa shape index (κ2) is 5.68. The number of anilines is 1. The first-order chi connectivity index (χ1) is 9.72. The van der Waals surface area contributed by atoms with Crippen molar-refractivity contribution in [1.82, 2.24) is 0 Å². The number of hydrogen-bond donors (Lipinski definition) is 1. The van der Waals surface area contributed by atoms with Gasteiger partial charge in [-0.15, -0.1) is 0 Å². The first-order valence-electron chi connectivity index (χ1n) is 6.70. The number of nitrogens with one attached hydrogen (secondary N) is 1. The molecule has 0 aromatic heterocycles. The maximum atomic E-state index is 3.56. The second-order valence-electron chi connectivity index (χ2n) is 5.00. The molecule has 100 valence electrons. The molecule has 3 aromatic rings. The molecule has 20 heavy (non-hydrogen) atoms. The van der Waals surface area contributed by atoms with E-state index in [1.807, 2.05) is 0 Å². The third-order valence-electron chi connectivity index (χ3n) is 3.48. The van der Waals surface area contributed by atoms with Gasteiger partial charge in [-0.3, -0.25) is 0 Å². The maximum absolute atomic E-state index is 3.56. The minimum absolute atomic E-state index is 0.834. The number of halogens is 1. The van der Waals surface area contributed by atoms with Crippen molar-refractivity contribution in [2.24, 2.45) is 0 Å². The van der Waals surface area contributed by atoms with Crippen LogP contribution in [-0.2, 0) is 6.54 Å². The first-order valence-corrected chi connectivity index (χ1v) is 7.49. The largest absolute Gasteiger partial charge is 0.381 e. The molecule has 0 radical (unpaired) electrons. The van der Waals surface area contributed by atoms with Crippen LogP contribution in [0.25, 0.3) is 10.8 Å². The molecule has 0 bridgehead atoms. The Balaban J connectivity index is 1.77. The molecule has 2 heteroatoms. The van der Waals surface area contributed by atoms with Gasteiger partial charge in [-0.05, 0) is 47.0 Å². The standard InChI is InChI=1S/C18H16BrN/c1-13-6-9-17(11-18(13)19)20-12-14-7-8-15-4-2-3-5-16(15)10-14/h2-11,20H,12H2,1H3. The predicted octanol–water partition coefficient (Wildman–Crippen LogP) is 5.52. The Kier molecular flexibility index (Phi) is 3.75. The Morgan fingerprint density at radius 1 is 0.900 bits per heavy atom. The fourth-order valence-corrected chi connectivity index (χ4v) is 2.63. The quantitative estimate of drug-likeness (QED) is 0.668. The van der Waals surface area contributed by atoms with Crippen LogP contribution in [0.3, 0.4) is 0 Å². The topological polar surface area (TPSA) is 12.0 Å². The average Bonchev–Trinajstić information content (AvgIpc) is 2.48. The van der Waals surface area contributed by atoms with Gasteiger partial charge in [0.1, 0.15) is 0 Å². The van der Waals surface area contributed by atoms with E-state index in [1.165, 1.54) is 21.9 Å². The van der Waals surface area contributed by atoms with Gasteiger partial charge in [-0.2, -0.15) is 0 Å². The van der Waals surface area contributed by atoms with Crippen LogP contribution in [0.5, 0.6) is 0 Å². The van der Waals surface area contributed by atoms with E-state index in [2.05, 4.69) is 88.8 Å². The minimum atomic E-state index is 0.834. The van der Waals surface area contributed by atoms with Gasteiger partial charge in [0, 0.05) is 16.7 Å². The summed E-state index contributed by atoms with van der Waals surface area (Å²) in [7, 11) is 0. The van der Waals surface area contributed by atoms with Crippen molar-refractivity contribution >= 4 is 32.4 Å². The van der Waals surface area contributed by atoms with E-state index in [0.29, 0.717) is 0 Å². The molecule has 0 saturated carbocycles. The van der Waals surface area contributed by atoms with Crippen LogP contribution in [0.1, 0.15) is 11.1 Å². The predicted molar refractivity (Wildman–Crippen MR) is 90.2 cm³/mol. The lowest BCUT2D eigenvalue weighted by atomic mass is 10.1. The summed E-state index contributed by atoms with van der Waals surface area (Å²) in [5.74, 6) is 0. The molecule has 1 N–H and O–H groups in total. The molecule has 3 aromatic carbocycles. The van der Waals surface area contributed by atoms with Crippen LogP contribution in [0.2, 0.25) is 0 Å². The molecule has 0 aliphatic carbocycles. The van der Waals surface area contributed by atoms with Crippen molar-refractivity contribution in [1.29, 1.82) is 0 Å². The number of benzene rings is 3. The molecule has 0 aliphatic rings. The van der Waals surface area contributed by atoms with Gasteiger partial charge in [0.25, 0.3) is 0 Å². The third kappa shape index (κ3) is 2.86. The Labute approximate surface area is 127 Å². The summed E-state index contributed by atoms with van der Waals surface area (Å²) >= 11 is 3.56. The van der Waals surface area contributed by atoms with E-state index < -0.39 is 0 Å². The highest BCUT2D eigenvalue weighted by atomic mass is 79.9. The molecule has 0 spiro atoms. The smallest absolute Gasteiger partial charge is 0.0401 e. The van der Waals surface area contributed by atoms with E-state index >= 15 is 0 Å². The fourth-order valence-electron chi connectivity index (χ4n) is 2.26. The van der Waals surface area contributed by atoms with Crippen molar-refractivity contribution in [3.8, 4) is 0 Å². The highest BCUT2D eigenvalue weighted by Gasteiger charge is 1.99. The van der Waals surface area contributed by atoms with Gasteiger partial charge < -0.3 is 5.32 Å². The lowest BCUT2D eigenvalue weighted by molar-refractivity contribution is 1.15. The van der Waals surface area contributed by atoms with Crippen molar-refractivity contribution in [3.05, 3.63) is 76.3 Å². The Bertz CT molecular complexity index is 749. The van der Waals surface area contributed by atoms with Crippen molar-refractivity contribution in [3.63, 3.8) is 0 Å². The molecule has 0 aliphatic heterocycles. The summed E-state index contributed by atoms with van der Waals surface area (Å²) in [5.41, 5.74) is 3.68. The normalized spacial score (nSPS) is 10.7. The lowest BCUT2D eigenvalue weighted by Crippen LogP contribution is -1.99. The van der Waals surface area contributed by atoms with Crippen LogP contribution in [0, 0.1) is 6.92 Å². The summed E-state index contributed by atoms with van der Waals surface area (Å²) in [6.45, 7) is 2.93. The van der Waals surface area contributed by atoms with Crippen molar-refractivity contribution in [2.45, 2.75) is 13.5 Å². The SMILES string of the molecule is Cc1ccc(NCc2ccc3ccccc3c2)cc1Br. The second-order valence-corrected chi connectivity index (χ2v) is 5.85. The van der Waals surface area contributed by atoms with Crippen LogP contribution >= 0.6 is 15.9 Å². The monoisotopic (exact) mass is 325 g/mol. The molecule has 0 fully saturated rings.